The van der Waals surface area contributed by atoms with Gasteiger partial charge in [0.15, 0.2) is 0 Å². The van der Waals surface area contributed by atoms with Crippen molar-refractivity contribution < 1.29 is 19.1 Å². The summed E-state index contributed by atoms with van der Waals surface area (Å²) in [4.78, 5) is 27.0. The maximum Gasteiger partial charge on any atom is 0.313 e. The SMILES string of the molecule is CCCCCCN1C(=O)c2ccccc2[C@@H](C(=O)O)[C@H]1c1c(F)cccc1Cl. The van der Waals surface area contributed by atoms with Crippen LogP contribution in [0.2, 0.25) is 5.02 Å². The van der Waals surface area contributed by atoms with E-state index in [1.54, 1.807) is 24.3 Å². The van der Waals surface area contributed by atoms with Crippen LogP contribution in [0, 0.1) is 5.82 Å². The molecule has 0 aliphatic carbocycles. The normalized spacial score (nSPS) is 18.8. The second-order valence-corrected chi connectivity index (χ2v) is 7.45. The van der Waals surface area contributed by atoms with Gasteiger partial charge in [-0.25, -0.2) is 4.39 Å². The second-order valence-electron chi connectivity index (χ2n) is 7.04. The highest BCUT2D eigenvalue weighted by Gasteiger charge is 2.45. The highest BCUT2D eigenvalue weighted by Crippen LogP contribution is 2.45. The van der Waals surface area contributed by atoms with E-state index < -0.39 is 23.7 Å². The molecule has 1 aliphatic heterocycles. The summed E-state index contributed by atoms with van der Waals surface area (Å²) in [6.07, 6.45) is 3.69. The number of fused-ring (bicyclic) bond motifs is 1. The average molecular weight is 404 g/mol. The van der Waals surface area contributed by atoms with E-state index >= 15 is 0 Å². The predicted molar refractivity (Wildman–Crippen MR) is 106 cm³/mol. The van der Waals surface area contributed by atoms with Crippen molar-refractivity contribution in [1.29, 1.82) is 0 Å². The first-order valence-corrected chi connectivity index (χ1v) is 9.91. The van der Waals surface area contributed by atoms with Gasteiger partial charge in [0.1, 0.15) is 11.7 Å². The van der Waals surface area contributed by atoms with E-state index in [2.05, 4.69) is 6.92 Å². The number of benzene rings is 2. The lowest BCUT2D eigenvalue weighted by molar-refractivity contribution is -0.140. The van der Waals surface area contributed by atoms with Gasteiger partial charge in [-0.2, -0.15) is 0 Å². The van der Waals surface area contributed by atoms with E-state index in [0.29, 0.717) is 17.7 Å². The highest BCUT2D eigenvalue weighted by atomic mass is 35.5. The number of unbranched alkanes of at least 4 members (excludes halogenated alkanes) is 3. The van der Waals surface area contributed by atoms with Gasteiger partial charge in [-0.05, 0) is 30.2 Å². The van der Waals surface area contributed by atoms with Gasteiger partial charge in [0.25, 0.3) is 5.91 Å². The molecule has 0 spiro atoms. The van der Waals surface area contributed by atoms with Gasteiger partial charge in [0.2, 0.25) is 0 Å². The number of carbonyl (C=O) groups excluding carboxylic acids is 1. The molecule has 2 aromatic carbocycles. The van der Waals surface area contributed by atoms with Crippen molar-refractivity contribution in [1.82, 2.24) is 4.90 Å². The fourth-order valence-electron chi connectivity index (χ4n) is 3.93. The molecular formula is C22H23ClFNO3. The van der Waals surface area contributed by atoms with E-state index in [1.807, 2.05) is 0 Å². The van der Waals surface area contributed by atoms with Gasteiger partial charge < -0.3 is 10.0 Å². The van der Waals surface area contributed by atoms with E-state index in [1.165, 1.54) is 23.1 Å². The van der Waals surface area contributed by atoms with Crippen molar-refractivity contribution in [3.05, 3.63) is 70.0 Å². The van der Waals surface area contributed by atoms with Gasteiger partial charge in [0.05, 0.1) is 6.04 Å². The number of halogens is 2. The molecule has 4 nitrogen and oxygen atoms in total. The molecular weight excluding hydrogens is 381 g/mol. The summed E-state index contributed by atoms with van der Waals surface area (Å²) in [7, 11) is 0. The Hall–Kier alpha value is -2.40. The van der Waals surface area contributed by atoms with Crippen molar-refractivity contribution >= 4 is 23.5 Å². The first-order chi connectivity index (χ1) is 13.5. The van der Waals surface area contributed by atoms with Gasteiger partial charge in [-0.3, -0.25) is 9.59 Å². The zero-order chi connectivity index (χ0) is 20.3. The molecule has 0 bridgehead atoms. The molecule has 1 aliphatic rings. The number of carboxylic acids is 1. The molecule has 0 saturated heterocycles. The Morgan fingerprint density at radius 2 is 1.89 bits per heavy atom. The van der Waals surface area contributed by atoms with Crippen molar-refractivity contribution in [3.8, 4) is 0 Å². The molecule has 2 atom stereocenters. The highest BCUT2D eigenvalue weighted by molar-refractivity contribution is 6.31. The van der Waals surface area contributed by atoms with Crippen LogP contribution in [0.4, 0.5) is 4.39 Å². The minimum atomic E-state index is -1.11. The molecule has 3 rings (SSSR count). The fraction of sp³-hybridized carbons (Fsp3) is 0.364. The Labute approximate surface area is 168 Å². The summed E-state index contributed by atoms with van der Waals surface area (Å²) in [6, 6.07) is 9.92. The average Bonchev–Trinajstić information content (AvgIpc) is 2.66. The lowest BCUT2D eigenvalue weighted by Gasteiger charge is -2.41. The van der Waals surface area contributed by atoms with Crippen molar-refractivity contribution in [3.63, 3.8) is 0 Å². The summed E-state index contributed by atoms with van der Waals surface area (Å²) >= 11 is 6.29. The van der Waals surface area contributed by atoms with Crippen LogP contribution < -0.4 is 0 Å². The molecule has 0 radical (unpaired) electrons. The van der Waals surface area contributed by atoms with Crippen LogP contribution in [0.5, 0.6) is 0 Å². The Bertz CT molecular complexity index is 866. The van der Waals surface area contributed by atoms with Crippen LogP contribution >= 0.6 is 11.6 Å². The minimum absolute atomic E-state index is 0.0647. The molecule has 0 fully saturated rings. The standard InChI is InChI=1S/C22H23ClFNO3/c1-2-3-4-7-13-25-20(19-16(23)11-8-12-17(19)24)18(22(27)28)14-9-5-6-10-15(14)21(25)26/h5-6,8-12,18,20H,2-4,7,13H2,1H3,(H,27,28)/t18-,20+/m1/s1. The second kappa shape index (κ2) is 8.74. The van der Waals surface area contributed by atoms with Crippen LogP contribution in [-0.4, -0.2) is 28.4 Å². The third kappa shape index (κ3) is 3.76. The monoisotopic (exact) mass is 403 g/mol. The van der Waals surface area contributed by atoms with Crippen molar-refractivity contribution in [2.45, 2.75) is 44.6 Å². The number of carboxylic acid groups (broad SMARTS) is 1. The fourth-order valence-corrected chi connectivity index (χ4v) is 4.20. The largest absolute Gasteiger partial charge is 0.481 e. The summed E-state index contributed by atoms with van der Waals surface area (Å²) in [5.74, 6) is -3.08. The quantitative estimate of drug-likeness (QED) is 0.627. The lowest BCUT2D eigenvalue weighted by Crippen LogP contribution is -2.45. The molecule has 1 N–H and O–H groups in total. The zero-order valence-corrected chi connectivity index (χ0v) is 16.5. The molecule has 2 aromatic rings. The molecule has 1 heterocycles. The Morgan fingerprint density at radius 3 is 2.57 bits per heavy atom. The molecule has 6 heteroatoms. The summed E-state index contributed by atoms with van der Waals surface area (Å²) in [6.45, 7) is 2.44. The van der Waals surface area contributed by atoms with Gasteiger partial charge in [-0.1, -0.05) is 62.1 Å². The Kier molecular flexibility index (Phi) is 6.35. The first kappa shape index (κ1) is 20.3. The molecule has 28 heavy (non-hydrogen) atoms. The Balaban J connectivity index is 2.14. The van der Waals surface area contributed by atoms with E-state index in [4.69, 9.17) is 11.6 Å². The van der Waals surface area contributed by atoms with E-state index in [9.17, 15) is 19.1 Å². The van der Waals surface area contributed by atoms with Crippen LogP contribution in [0.15, 0.2) is 42.5 Å². The smallest absolute Gasteiger partial charge is 0.313 e. The summed E-state index contributed by atoms with van der Waals surface area (Å²) < 4.78 is 14.8. The minimum Gasteiger partial charge on any atom is -0.481 e. The number of rotatable bonds is 7. The lowest BCUT2D eigenvalue weighted by atomic mass is 9.79. The van der Waals surface area contributed by atoms with Crippen LogP contribution in [0.25, 0.3) is 0 Å². The van der Waals surface area contributed by atoms with Crippen LogP contribution in [-0.2, 0) is 4.79 Å². The molecule has 1 amide bonds. The number of carbonyl (C=O) groups is 2. The maximum absolute atomic E-state index is 14.8. The number of nitrogens with zero attached hydrogens (tertiary/aromatic N) is 1. The van der Waals surface area contributed by atoms with Gasteiger partial charge in [-0.15, -0.1) is 0 Å². The third-order valence-electron chi connectivity index (χ3n) is 5.25. The van der Waals surface area contributed by atoms with Crippen molar-refractivity contribution in [2.24, 2.45) is 0 Å². The van der Waals surface area contributed by atoms with Crippen molar-refractivity contribution in [2.75, 3.05) is 6.54 Å². The van der Waals surface area contributed by atoms with Gasteiger partial charge >= 0.3 is 5.97 Å². The molecule has 0 saturated carbocycles. The third-order valence-corrected chi connectivity index (χ3v) is 5.58. The maximum atomic E-state index is 14.8. The first-order valence-electron chi connectivity index (χ1n) is 9.54. The number of aliphatic carboxylic acids is 1. The van der Waals surface area contributed by atoms with Crippen LogP contribution in [0.1, 0.15) is 66.1 Å². The zero-order valence-electron chi connectivity index (χ0n) is 15.7. The Morgan fingerprint density at radius 1 is 1.14 bits per heavy atom. The summed E-state index contributed by atoms with van der Waals surface area (Å²) in [5.41, 5.74) is 0.818. The topological polar surface area (TPSA) is 57.6 Å². The number of hydrogen-bond donors (Lipinski definition) is 1. The molecule has 0 aromatic heterocycles. The predicted octanol–water partition coefficient (Wildman–Crippen LogP) is 5.42. The van der Waals surface area contributed by atoms with Crippen LogP contribution in [0.3, 0.4) is 0 Å². The number of amides is 1. The molecule has 148 valence electrons. The summed E-state index contributed by atoms with van der Waals surface area (Å²) in [5, 5.41) is 10.1. The van der Waals surface area contributed by atoms with E-state index in [-0.39, 0.29) is 16.5 Å². The van der Waals surface area contributed by atoms with E-state index in [0.717, 1.165) is 25.7 Å². The molecule has 0 unspecified atom stereocenters. The number of hydrogen-bond acceptors (Lipinski definition) is 2. The van der Waals surface area contributed by atoms with Gasteiger partial charge in [0, 0.05) is 22.7 Å².